The van der Waals surface area contributed by atoms with Gasteiger partial charge < -0.3 is 9.73 Å². The van der Waals surface area contributed by atoms with Gasteiger partial charge in [0.05, 0.1) is 0 Å². The molecule has 0 radical (unpaired) electrons. The van der Waals surface area contributed by atoms with Crippen molar-refractivity contribution in [1.82, 2.24) is 20.3 Å². The number of nitrogens with zero attached hydrogens (tertiary/aromatic N) is 3. The highest BCUT2D eigenvalue weighted by molar-refractivity contribution is 6.12. The number of benzene rings is 6. The maximum Gasteiger partial charge on any atom is 0.164 e. The highest BCUT2D eigenvalue weighted by atomic mass is 16.3. The summed E-state index contributed by atoms with van der Waals surface area (Å²) in [6, 6.07) is 43.9. The Morgan fingerprint density at radius 3 is 2.11 bits per heavy atom. The minimum Gasteiger partial charge on any atom is -0.456 e. The van der Waals surface area contributed by atoms with E-state index in [0.717, 1.165) is 61.7 Å². The van der Waals surface area contributed by atoms with E-state index in [1.54, 1.807) is 0 Å². The molecule has 1 aliphatic rings. The SMILES string of the molecule is C1=Cc2cc3oc4cccc(-c5nc(-c6ccccc6)nc(-c6cc(-c7ccccc7)c7ccccc7c6)n5)c4c3cc2CN1. The van der Waals surface area contributed by atoms with Crippen molar-refractivity contribution in [2.45, 2.75) is 6.54 Å². The summed E-state index contributed by atoms with van der Waals surface area (Å²) in [5.41, 5.74) is 9.12. The number of furan rings is 1. The van der Waals surface area contributed by atoms with E-state index in [0.29, 0.717) is 17.5 Å². The number of hydrogen-bond donors (Lipinski definition) is 1. The van der Waals surface area contributed by atoms with Crippen molar-refractivity contribution in [3.05, 3.63) is 145 Å². The Balaban J connectivity index is 1.31. The third kappa shape index (κ3) is 4.36. The topological polar surface area (TPSA) is 63.8 Å². The molecule has 1 N–H and O–H groups in total. The summed E-state index contributed by atoms with van der Waals surface area (Å²) in [6.45, 7) is 0.774. The molecule has 5 heteroatoms. The van der Waals surface area contributed by atoms with E-state index in [4.69, 9.17) is 19.4 Å². The van der Waals surface area contributed by atoms with Crippen LogP contribution in [0.4, 0.5) is 0 Å². The average molecular weight is 579 g/mol. The molecule has 0 spiro atoms. The Kier molecular flexibility index (Phi) is 5.81. The predicted molar refractivity (Wildman–Crippen MR) is 182 cm³/mol. The van der Waals surface area contributed by atoms with Gasteiger partial charge in [-0.2, -0.15) is 0 Å². The molecule has 8 aromatic rings. The summed E-state index contributed by atoms with van der Waals surface area (Å²) in [5.74, 6) is 1.86. The molecule has 9 rings (SSSR count). The molecule has 0 fully saturated rings. The molecule has 0 saturated heterocycles. The summed E-state index contributed by atoms with van der Waals surface area (Å²) in [6.07, 6.45) is 4.07. The molecule has 0 unspecified atom stereocenters. The van der Waals surface area contributed by atoms with Crippen LogP contribution >= 0.6 is 0 Å². The first-order valence-electron chi connectivity index (χ1n) is 15.1. The van der Waals surface area contributed by atoms with Crippen LogP contribution in [0.5, 0.6) is 0 Å². The van der Waals surface area contributed by atoms with Crippen LogP contribution < -0.4 is 5.32 Å². The zero-order valence-electron chi connectivity index (χ0n) is 24.2. The number of aromatic nitrogens is 3. The second-order valence-electron chi connectivity index (χ2n) is 11.3. The normalized spacial score (nSPS) is 12.4. The van der Waals surface area contributed by atoms with Gasteiger partial charge in [0.15, 0.2) is 17.5 Å². The van der Waals surface area contributed by atoms with Gasteiger partial charge in [-0.1, -0.05) is 97.1 Å². The minimum absolute atomic E-state index is 0.609. The lowest BCUT2D eigenvalue weighted by atomic mass is 9.95. The van der Waals surface area contributed by atoms with Crippen molar-refractivity contribution >= 4 is 38.8 Å². The molecule has 0 amide bonds. The smallest absolute Gasteiger partial charge is 0.164 e. The lowest BCUT2D eigenvalue weighted by molar-refractivity contribution is 0.668. The van der Waals surface area contributed by atoms with Gasteiger partial charge in [0.1, 0.15) is 11.2 Å². The van der Waals surface area contributed by atoms with Gasteiger partial charge in [0.25, 0.3) is 0 Å². The Bertz CT molecular complexity index is 2430. The third-order valence-electron chi connectivity index (χ3n) is 8.54. The van der Waals surface area contributed by atoms with Crippen LogP contribution in [0.2, 0.25) is 0 Å². The van der Waals surface area contributed by atoms with Crippen LogP contribution in [0, 0.1) is 0 Å². The first kappa shape index (κ1) is 25.4. The molecule has 0 saturated carbocycles. The van der Waals surface area contributed by atoms with Gasteiger partial charge in [-0.05, 0) is 75.6 Å². The van der Waals surface area contributed by atoms with Gasteiger partial charge in [-0.15, -0.1) is 0 Å². The lowest BCUT2D eigenvalue weighted by Crippen LogP contribution is -2.09. The Morgan fingerprint density at radius 2 is 1.27 bits per heavy atom. The molecular weight excluding hydrogens is 552 g/mol. The van der Waals surface area contributed by atoms with Gasteiger partial charge in [0, 0.05) is 34.0 Å². The molecular formula is C40H26N4O. The summed E-state index contributed by atoms with van der Waals surface area (Å²) < 4.78 is 6.40. The highest BCUT2D eigenvalue weighted by Gasteiger charge is 2.20. The van der Waals surface area contributed by atoms with E-state index in [9.17, 15) is 0 Å². The van der Waals surface area contributed by atoms with Crippen LogP contribution in [0.15, 0.2) is 138 Å². The highest BCUT2D eigenvalue weighted by Crippen LogP contribution is 2.39. The monoisotopic (exact) mass is 578 g/mol. The van der Waals surface area contributed by atoms with Crippen molar-refractivity contribution in [1.29, 1.82) is 0 Å². The molecule has 6 aromatic carbocycles. The standard InChI is InChI=1S/C40H26N4O/c1-3-10-25(11-4-1)33-21-29(20-28-14-7-8-15-31(28)33)39-42-38(26-12-5-2-6-13-26)43-40(44-39)32-16-9-17-35-37(32)34-22-30-24-41-19-18-27(30)23-36(34)45-35/h1-23,41H,24H2. The molecule has 45 heavy (non-hydrogen) atoms. The van der Waals surface area contributed by atoms with Crippen molar-refractivity contribution in [3.63, 3.8) is 0 Å². The summed E-state index contributed by atoms with van der Waals surface area (Å²) in [5, 5.41) is 7.70. The fourth-order valence-electron chi connectivity index (χ4n) is 6.38. The summed E-state index contributed by atoms with van der Waals surface area (Å²) >= 11 is 0. The van der Waals surface area contributed by atoms with Crippen LogP contribution in [-0.4, -0.2) is 15.0 Å². The van der Waals surface area contributed by atoms with E-state index < -0.39 is 0 Å². The summed E-state index contributed by atoms with van der Waals surface area (Å²) in [4.78, 5) is 15.3. The molecule has 5 nitrogen and oxygen atoms in total. The van der Waals surface area contributed by atoms with Gasteiger partial charge in [-0.3, -0.25) is 0 Å². The second kappa shape index (κ2) is 10.3. The van der Waals surface area contributed by atoms with E-state index in [1.165, 1.54) is 16.5 Å². The zero-order valence-corrected chi connectivity index (χ0v) is 24.2. The number of fused-ring (bicyclic) bond motifs is 5. The van der Waals surface area contributed by atoms with Crippen molar-refractivity contribution in [2.75, 3.05) is 0 Å². The fourth-order valence-corrected chi connectivity index (χ4v) is 6.38. The van der Waals surface area contributed by atoms with Gasteiger partial charge in [-0.25, -0.2) is 15.0 Å². The Morgan fingerprint density at radius 1 is 0.533 bits per heavy atom. The number of hydrogen-bond acceptors (Lipinski definition) is 5. The molecule has 0 atom stereocenters. The van der Waals surface area contributed by atoms with Crippen molar-refractivity contribution in [2.24, 2.45) is 0 Å². The largest absolute Gasteiger partial charge is 0.456 e. The molecule has 0 bridgehead atoms. The van der Waals surface area contributed by atoms with Gasteiger partial charge in [0.2, 0.25) is 0 Å². The maximum absolute atomic E-state index is 6.40. The summed E-state index contributed by atoms with van der Waals surface area (Å²) in [7, 11) is 0. The minimum atomic E-state index is 0.609. The first-order valence-corrected chi connectivity index (χ1v) is 15.1. The number of nitrogens with one attached hydrogen (secondary N) is 1. The van der Waals surface area contributed by atoms with Crippen LogP contribution in [0.25, 0.3) is 84.1 Å². The van der Waals surface area contributed by atoms with Crippen molar-refractivity contribution < 1.29 is 4.42 Å². The van der Waals surface area contributed by atoms with Crippen molar-refractivity contribution in [3.8, 4) is 45.3 Å². The molecule has 0 aliphatic carbocycles. The van der Waals surface area contributed by atoms with Gasteiger partial charge >= 0.3 is 0 Å². The van der Waals surface area contributed by atoms with E-state index in [-0.39, 0.29) is 0 Å². The third-order valence-corrected chi connectivity index (χ3v) is 8.54. The Labute approximate surface area is 259 Å². The predicted octanol–water partition coefficient (Wildman–Crippen LogP) is 9.67. The van der Waals surface area contributed by atoms with E-state index >= 15 is 0 Å². The molecule has 2 aromatic heterocycles. The second-order valence-corrected chi connectivity index (χ2v) is 11.3. The van der Waals surface area contributed by atoms with Crippen LogP contribution in [0.1, 0.15) is 11.1 Å². The Hall–Kier alpha value is -6.07. The molecule has 1 aliphatic heterocycles. The maximum atomic E-state index is 6.40. The quantitative estimate of drug-likeness (QED) is 0.225. The lowest BCUT2D eigenvalue weighted by Gasteiger charge is -2.13. The molecule has 212 valence electrons. The first-order chi connectivity index (χ1) is 22.3. The molecule has 3 heterocycles. The van der Waals surface area contributed by atoms with E-state index in [1.807, 2.05) is 54.7 Å². The number of rotatable bonds is 4. The average Bonchev–Trinajstić information content (AvgIpc) is 3.48. The van der Waals surface area contributed by atoms with E-state index in [2.05, 4.69) is 90.3 Å². The van der Waals surface area contributed by atoms with Crippen LogP contribution in [-0.2, 0) is 6.54 Å². The van der Waals surface area contributed by atoms with Crippen LogP contribution in [0.3, 0.4) is 0 Å². The fraction of sp³-hybridized carbons (Fsp3) is 0.0250. The zero-order chi connectivity index (χ0) is 29.7.